The summed E-state index contributed by atoms with van der Waals surface area (Å²) in [7, 11) is 1.25. The molecule has 0 radical (unpaired) electrons. The van der Waals surface area contributed by atoms with Crippen molar-refractivity contribution in [2.24, 2.45) is 0 Å². The van der Waals surface area contributed by atoms with Crippen molar-refractivity contribution in [1.29, 1.82) is 0 Å². The summed E-state index contributed by atoms with van der Waals surface area (Å²) in [5.74, 6) is -1.17. The fourth-order valence-electron chi connectivity index (χ4n) is 3.36. The molecule has 0 aromatic heterocycles. The van der Waals surface area contributed by atoms with Crippen LogP contribution in [0.4, 0.5) is 0 Å². The molecule has 3 rings (SSSR count). The first-order valence-corrected chi connectivity index (χ1v) is 9.30. The Morgan fingerprint density at radius 2 is 1.86 bits per heavy atom. The highest BCUT2D eigenvalue weighted by Crippen LogP contribution is 2.35. The second kappa shape index (κ2) is 8.44. The molecule has 6 nitrogen and oxygen atoms in total. The van der Waals surface area contributed by atoms with Crippen LogP contribution in [-0.4, -0.2) is 42.9 Å². The number of halogens is 1. The maximum atomic E-state index is 13.0. The van der Waals surface area contributed by atoms with Crippen LogP contribution in [0.15, 0.2) is 48.5 Å². The number of esters is 1. The lowest BCUT2D eigenvalue weighted by Crippen LogP contribution is -2.42. The fraction of sp³-hybridized carbons (Fsp3) is 0.286. The van der Waals surface area contributed by atoms with Crippen LogP contribution in [0.25, 0.3) is 0 Å². The van der Waals surface area contributed by atoms with Gasteiger partial charge >= 0.3 is 5.97 Å². The van der Waals surface area contributed by atoms with Crippen LogP contribution in [0.5, 0.6) is 0 Å². The average Bonchev–Trinajstić information content (AvgIpc) is 2.98. The minimum absolute atomic E-state index is 0.00793. The van der Waals surface area contributed by atoms with Gasteiger partial charge in [0.15, 0.2) is 0 Å². The largest absolute Gasteiger partial charge is 0.468 e. The summed E-state index contributed by atoms with van der Waals surface area (Å²) in [6, 6.07) is 13.7. The number of hydrogen-bond acceptors (Lipinski definition) is 4. The molecule has 2 aromatic carbocycles. The Kier molecular flexibility index (Phi) is 5.99. The van der Waals surface area contributed by atoms with Gasteiger partial charge in [0, 0.05) is 17.1 Å². The zero-order valence-electron chi connectivity index (χ0n) is 15.6. The molecule has 1 aliphatic heterocycles. The van der Waals surface area contributed by atoms with E-state index in [1.165, 1.54) is 7.11 Å². The Labute approximate surface area is 168 Å². The highest BCUT2D eigenvalue weighted by Gasteiger charge is 2.41. The summed E-state index contributed by atoms with van der Waals surface area (Å²) in [6.45, 7) is 2.09. The molecule has 1 aliphatic rings. The minimum Gasteiger partial charge on any atom is -0.468 e. The van der Waals surface area contributed by atoms with E-state index in [4.69, 9.17) is 11.6 Å². The van der Waals surface area contributed by atoms with Crippen molar-refractivity contribution >= 4 is 29.4 Å². The van der Waals surface area contributed by atoms with Gasteiger partial charge in [-0.25, -0.2) is 0 Å². The molecule has 146 valence electrons. The SMILES string of the molecule is COC(=O)CNC(=O)C1c2ccccc2C(=O)N1CC(C)c1ccc(Cl)cc1. The van der Waals surface area contributed by atoms with Crippen molar-refractivity contribution in [2.75, 3.05) is 20.2 Å². The molecular weight excluding hydrogens is 380 g/mol. The van der Waals surface area contributed by atoms with E-state index in [-0.39, 0.29) is 18.4 Å². The number of nitrogens with one attached hydrogen (secondary N) is 1. The van der Waals surface area contributed by atoms with Crippen LogP contribution < -0.4 is 5.32 Å². The van der Waals surface area contributed by atoms with Crippen molar-refractivity contribution in [2.45, 2.75) is 18.9 Å². The Balaban J connectivity index is 1.85. The van der Waals surface area contributed by atoms with Crippen molar-refractivity contribution in [3.05, 3.63) is 70.2 Å². The number of fused-ring (bicyclic) bond motifs is 1. The lowest BCUT2D eigenvalue weighted by Gasteiger charge is -2.27. The van der Waals surface area contributed by atoms with E-state index in [1.807, 2.05) is 19.1 Å². The molecule has 2 amide bonds. The molecule has 1 heterocycles. The van der Waals surface area contributed by atoms with Crippen LogP contribution in [0, 0.1) is 0 Å². The summed E-state index contributed by atoms with van der Waals surface area (Å²) in [5, 5.41) is 3.20. The number of methoxy groups -OCH3 is 1. The Bertz CT molecular complexity index is 898. The molecule has 0 spiro atoms. The Morgan fingerprint density at radius 1 is 1.18 bits per heavy atom. The van der Waals surface area contributed by atoms with Gasteiger partial charge in [-0.3, -0.25) is 14.4 Å². The molecule has 7 heteroatoms. The molecule has 0 aliphatic carbocycles. The summed E-state index contributed by atoms with van der Waals surface area (Å²) >= 11 is 5.95. The molecule has 0 saturated carbocycles. The number of amides is 2. The van der Waals surface area contributed by atoms with Gasteiger partial charge < -0.3 is 15.0 Å². The van der Waals surface area contributed by atoms with Gasteiger partial charge in [0.25, 0.3) is 5.91 Å². The van der Waals surface area contributed by atoms with E-state index in [1.54, 1.807) is 41.3 Å². The lowest BCUT2D eigenvalue weighted by molar-refractivity contribution is -0.141. The maximum Gasteiger partial charge on any atom is 0.325 e. The number of rotatable bonds is 6. The summed E-state index contributed by atoms with van der Waals surface area (Å²) < 4.78 is 4.57. The van der Waals surface area contributed by atoms with Crippen molar-refractivity contribution in [3.8, 4) is 0 Å². The second-order valence-corrected chi connectivity index (χ2v) is 7.13. The van der Waals surface area contributed by atoms with Gasteiger partial charge in [-0.2, -0.15) is 0 Å². The van der Waals surface area contributed by atoms with Crippen molar-refractivity contribution in [3.63, 3.8) is 0 Å². The monoisotopic (exact) mass is 400 g/mol. The minimum atomic E-state index is -0.789. The van der Waals surface area contributed by atoms with Crippen LogP contribution in [0.1, 0.15) is 40.4 Å². The third-order valence-electron chi connectivity index (χ3n) is 4.85. The normalized spacial score (nSPS) is 16.5. The summed E-state index contributed by atoms with van der Waals surface area (Å²) in [5.41, 5.74) is 2.16. The van der Waals surface area contributed by atoms with Gasteiger partial charge in [0.2, 0.25) is 5.91 Å². The number of nitrogens with zero attached hydrogens (tertiary/aromatic N) is 1. The van der Waals surface area contributed by atoms with E-state index in [0.717, 1.165) is 5.56 Å². The molecule has 1 N–H and O–H groups in total. The van der Waals surface area contributed by atoms with Gasteiger partial charge in [0.05, 0.1) is 7.11 Å². The number of benzene rings is 2. The molecule has 0 fully saturated rings. The molecule has 2 unspecified atom stereocenters. The third kappa shape index (κ3) is 4.02. The lowest BCUT2D eigenvalue weighted by atomic mass is 9.99. The van der Waals surface area contributed by atoms with E-state index >= 15 is 0 Å². The Hall–Kier alpha value is -2.86. The fourth-order valence-corrected chi connectivity index (χ4v) is 3.49. The van der Waals surface area contributed by atoms with Crippen LogP contribution in [0.3, 0.4) is 0 Å². The molecule has 0 bridgehead atoms. The van der Waals surface area contributed by atoms with Gasteiger partial charge in [-0.1, -0.05) is 48.9 Å². The highest BCUT2D eigenvalue weighted by molar-refractivity contribution is 6.30. The maximum absolute atomic E-state index is 13.0. The molecule has 0 saturated heterocycles. The first-order valence-electron chi connectivity index (χ1n) is 8.92. The quantitative estimate of drug-likeness (QED) is 0.756. The van der Waals surface area contributed by atoms with Gasteiger partial charge in [-0.05, 0) is 35.2 Å². The zero-order valence-corrected chi connectivity index (χ0v) is 16.4. The van der Waals surface area contributed by atoms with E-state index in [2.05, 4.69) is 10.1 Å². The molecular formula is C21H21ClN2O4. The summed E-state index contributed by atoms with van der Waals surface area (Å²) in [4.78, 5) is 38.7. The number of ether oxygens (including phenoxy) is 1. The average molecular weight is 401 g/mol. The second-order valence-electron chi connectivity index (χ2n) is 6.69. The van der Waals surface area contributed by atoms with E-state index in [0.29, 0.717) is 22.7 Å². The van der Waals surface area contributed by atoms with Crippen LogP contribution >= 0.6 is 11.6 Å². The number of hydrogen-bond donors (Lipinski definition) is 1. The first kappa shape index (κ1) is 19.9. The number of carbonyl (C=O) groups is 3. The Morgan fingerprint density at radius 3 is 2.54 bits per heavy atom. The molecule has 2 atom stereocenters. The van der Waals surface area contributed by atoms with E-state index in [9.17, 15) is 14.4 Å². The van der Waals surface area contributed by atoms with Crippen LogP contribution in [0.2, 0.25) is 5.02 Å². The zero-order chi connectivity index (χ0) is 20.3. The van der Waals surface area contributed by atoms with Crippen LogP contribution in [-0.2, 0) is 14.3 Å². The smallest absolute Gasteiger partial charge is 0.325 e. The van der Waals surface area contributed by atoms with Gasteiger partial charge in [0.1, 0.15) is 12.6 Å². The molecule has 2 aromatic rings. The standard InChI is InChI=1S/C21H21ClN2O4/c1-13(14-7-9-15(22)10-8-14)12-24-19(20(26)23-11-18(25)28-2)16-5-3-4-6-17(16)21(24)27/h3-10,13,19H,11-12H2,1-2H3,(H,23,26). The number of carbonyl (C=O) groups excluding carboxylic acids is 3. The first-order chi connectivity index (χ1) is 13.4. The topological polar surface area (TPSA) is 75.7 Å². The third-order valence-corrected chi connectivity index (χ3v) is 5.10. The van der Waals surface area contributed by atoms with Gasteiger partial charge in [-0.15, -0.1) is 0 Å². The van der Waals surface area contributed by atoms with Crippen molar-refractivity contribution in [1.82, 2.24) is 10.2 Å². The highest BCUT2D eigenvalue weighted by atomic mass is 35.5. The molecule has 28 heavy (non-hydrogen) atoms. The predicted octanol–water partition coefficient (Wildman–Crippen LogP) is 2.93. The predicted molar refractivity (Wildman–Crippen MR) is 105 cm³/mol. The van der Waals surface area contributed by atoms with E-state index < -0.39 is 17.9 Å². The summed E-state index contributed by atoms with van der Waals surface area (Å²) in [6.07, 6.45) is 0. The van der Waals surface area contributed by atoms with Crippen molar-refractivity contribution < 1.29 is 19.1 Å².